The van der Waals surface area contributed by atoms with E-state index >= 15 is 0 Å². The molecule has 0 aromatic heterocycles. The number of ether oxygens (including phenoxy) is 2. The Morgan fingerprint density at radius 3 is 2.84 bits per heavy atom. The molecule has 2 unspecified atom stereocenters. The number of carbonyl (C=O) groups is 1. The third kappa shape index (κ3) is 2.51. The second-order valence-corrected chi connectivity index (χ2v) is 8.49. The first kappa shape index (κ1) is 17.0. The molecular formula is C22H28O3. The van der Waals surface area contributed by atoms with Crippen LogP contribution in [0.3, 0.4) is 0 Å². The van der Waals surface area contributed by atoms with Crippen molar-refractivity contribution in [2.45, 2.75) is 58.7 Å². The fourth-order valence-corrected chi connectivity index (χ4v) is 5.07. The van der Waals surface area contributed by atoms with E-state index in [0.29, 0.717) is 12.5 Å². The van der Waals surface area contributed by atoms with Gasteiger partial charge in [-0.2, -0.15) is 0 Å². The molecular weight excluding hydrogens is 312 g/mol. The van der Waals surface area contributed by atoms with Gasteiger partial charge in [0.15, 0.2) is 5.78 Å². The molecule has 0 radical (unpaired) electrons. The minimum Gasteiger partial charge on any atom is -0.346 e. The van der Waals surface area contributed by atoms with Crippen molar-refractivity contribution in [1.29, 1.82) is 0 Å². The summed E-state index contributed by atoms with van der Waals surface area (Å²) in [6, 6.07) is 0. The van der Waals surface area contributed by atoms with Gasteiger partial charge < -0.3 is 9.47 Å². The fraction of sp³-hybridized carbons (Fsp3) is 0.591. The van der Waals surface area contributed by atoms with E-state index in [1.807, 2.05) is 0 Å². The van der Waals surface area contributed by atoms with Gasteiger partial charge in [0, 0.05) is 12.7 Å². The summed E-state index contributed by atoms with van der Waals surface area (Å²) < 4.78 is 12.0. The van der Waals surface area contributed by atoms with Crippen LogP contribution in [0.4, 0.5) is 0 Å². The SMILES string of the molecule is COC12C=CC(=O)C=C1C1=C(CO2)C(C)CCC2=C1CCCC2(C)C. The quantitative estimate of drug-likeness (QED) is 0.696. The topological polar surface area (TPSA) is 35.5 Å². The third-order valence-electron chi connectivity index (χ3n) is 6.60. The average molecular weight is 340 g/mol. The van der Waals surface area contributed by atoms with Crippen molar-refractivity contribution in [3.05, 3.63) is 46.1 Å². The molecule has 0 aromatic carbocycles. The number of fused-ring (bicyclic) bond motifs is 3. The maximum Gasteiger partial charge on any atom is 0.216 e. The Labute approximate surface area is 150 Å². The first-order valence-electron chi connectivity index (χ1n) is 9.49. The molecule has 0 N–H and O–H groups in total. The zero-order chi connectivity index (χ0) is 17.8. The number of carbonyl (C=O) groups excluding carboxylic acids is 1. The van der Waals surface area contributed by atoms with Crippen LogP contribution in [0.2, 0.25) is 0 Å². The molecule has 25 heavy (non-hydrogen) atoms. The van der Waals surface area contributed by atoms with E-state index in [1.54, 1.807) is 30.9 Å². The predicted octanol–water partition coefficient (Wildman–Crippen LogP) is 4.66. The van der Waals surface area contributed by atoms with Crippen LogP contribution in [-0.2, 0) is 14.3 Å². The highest BCUT2D eigenvalue weighted by molar-refractivity contribution is 6.02. The molecule has 0 fully saturated rings. The van der Waals surface area contributed by atoms with Crippen LogP contribution in [0.15, 0.2) is 46.1 Å². The summed E-state index contributed by atoms with van der Waals surface area (Å²) >= 11 is 0. The lowest BCUT2D eigenvalue weighted by Gasteiger charge is -2.43. The molecule has 134 valence electrons. The number of hydrogen-bond donors (Lipinski definition) is 0. The largest absolute Gasteiger partial charge is 0.346 e. The Hall–Kier alpha value is -1.45. The van der Waals surface area contributed by atoms with E-state index in [9.17, 15) is 4.79 Å². The number of methoxy groups -OCH3 is 1. The standard InChI is InChI=1S/C22H28O3/c1-14-7-8-18-16(6-5-10-21(18,2)3)20-17(14)13-25-22(24-4)11-9-15(23)12-19(20)22/h9,11-12,14H,5-8,10,13H2,1-4H3. The molecule has 4 rings (SSSR count). The number of hydrogen-bond acceptors (Lipinski definition) is 3. The van der Waals surface area contributed by atoms with Crippen molar-refractivity contribution in [3.63, 3.8) is 0 Å². The molecule has 0 bridgehead atoms. The first-order chi connectivity index (χ1) is 11.9. The maximum absolute atomic E-state index is 12.2. The Bertz CT molecular complexity index is 747. The van der Waals surface area contributed by atoms with Gasteiger partial charge >= 0.3 is 0 Å². The van der Waals surface area contributed by atoms with Crippen molar-refractivity contribution in [2.24, 2.45) is 11.3 Å². The van der Waals surface area contributed by atoms with E-state index < -0.39 is 5.79 Å². The Morgan fingerprint density at radius 1 is 1.28 bits per heavy atom. The van der Waals surface area contributed by atoms with Gasteiger partial charge in [0.1, 0.15) is 0 Å². The lowest BCUT2D eigenvalue weighted by Crippen LogP contribution is -2.43. The molecule has 4 aliphatic rings. The summed E-state index contributed by atoms with van der Waals surface area (Å²) in [6.45, 7) is 7.63. The molecule has 1 aliphatic heterocycles. The summed E-state index contributed by atoms with van der Waals surface area (Å²) in [7, 11) is 1.67. The molecule has 0 saturated heterocycles. The van der Waals surface area contributed by atoms with Crippen LogP contribution in [0, 0.1) is 11.3 Å². The zero-order valence-electron chi connectivity index (χ0n) is 15.8. The predicted molar refractivity (Wildman–Crippen MR) is 98.0 cm³/mol. The van der Waals surface area contributed by atoms with Crippen LogP contribution < -0.4 is 0 Å². The summed E-state index contributed by atoms with van der Waals surface area (Å²) in [5.41, 5.74) is 6.84. The van der Waals surface area contributed by atoms with Crippen LogP contribution in [-0.4, -0.2) is 25.3 Å². The molecule has 3 nitrogen and oxygen atoms in total. The molecule has 0 amide bonds. The molecule has 3 heteroatoms. The average Bonchev–Trinajstić information content (AvgIpc) is 2.73. The molecule has 0 aromatic rings. The zero-order valence-corrected chi connectivity index (χ0v) is 15.8. The third-order valence-corrected chi connectivity index (χ3v) is 6.60. The van der Waals surface area contributed by atoms with E-state index in [0.717, 1.165) is 24.8 Å². The Balaban J connectivity index is 1.97. The van der Waals surface area contributed by atoms with Crippen LogP contribution >= 0.6 is 0 Å². The molecule has 3 aliphatic carbocycles. The normalized spacial score (nSPS) is 34.2. The van der Waals surface area contributed by atoms with Crippen molar-refractivity contribution in [1.82, 2.24) is 0 Å². The van der Waals surface area contributed by atoms with Gasteiger partial charge in [-0.1, -0.05) is 26.3 Å². The van der Waals surface area contributed by atoms with Crippen molar-refractivity contribution in [2.75, 3.05) is 13.7 Å². The molecule has 0 saturated carbocycles. The lowest BCUT2D eigenvalue weighted by atomic mass is 9.68. The second kappa shape index (κ2) is 5.78. The van der Waals surface area contributed by atoms with E-state index in [4.69, 9.17) is 9.47 Å². The van der Waals surface area contributed by atoms with Gasteiger partial charge in [0.05, 0.1) is 6.61 Å². The first-order valence-corrected chi connectivity index (χ1v) is 9.49. The highest BCUT2D eigenvalue weighted by Crippen LogP contribution is 2.53. The fourth-order valence-electron chi connectivity index (χ4n) is 5.07. The van der Waals surface area contributed by atoms with Crippen molar-refractivity contribution in [3.8, 4) is 0 Å². The van der Waals surface area contributed by atoms with E-state index in [1.165, 1.54) is 29.6 Å². The molecule has 2 atom stereocenters. The molecule has 1 heterocycles. The van der Waals surface area contributed by atoms with E-state index in [2.05, 4.69) is 20.8 Å². The van der Waals surface area contributed by atoms with Gasteiger partial charge in [-0.3, -0.25) is 4.79 Å². The number of rotatable bonds is 1. The molecule has 0 spiro atoms. The maximum atomic E-state index is 12.2. The summed E-state index contributed by atoms with van der Waals surface area (Å²) in [5, 5.41) is 0. The number of ketones is 1. The summed E-state index contributed by atoms with van der Waals surface area (Å²) in [6.07, 6.45) is 10.9. The highest BCUT2D eigenvalue weighted by atomic mass is 16.7. The van der Waals surface area contributed by atoms with Crippen molar-refractivity contribution < 1.29 is 14.3 Å². The smallest absolute Gasteiger partial charge is 0.216 e. The van der Waals surface area contributed by atoms with Crippen LogP contribution in [0.1, 0.15) is 52.9 Å². The summed E-state index contributed by atoms with van der Waals surface area (Å²) in [4.78, 5) is 12.2. The Morgan fingerprint density at radius 2 is 2.08 bits per heavy atom. The second-order valence-electron chi connectivity index (χ2n) is 8.49. The van der Waals surface area contributed by atoms with E-state index in [-0.39, 0.29) is 11.2 Å². The monoisotopic (exact) mass is 340 g/mol. The Kier molecular flexibility index (Phi) is 3.93. The van der Waals surface area contributed by atoms with Crippen LogP contribution in [0.25, 0.3) is 0 Å². The highest BCUT2D eigenvalue weighted by Gasteiger charge is 2.46. The van der Waals surface area contributed by atoms with Gasteiger partial charge in [-0.25, -0.2) is 0 Å². The van der Waals surface area contributed by atoms with Gasteiger partial charge in [0.2, 0.25) is 5.79 Å². The lowest BCUT2D eigenvalue weighted by molar-refractivity contribution is -0.161. The van der Waals surface area contributed by atoms with Gasteiger partial charge in [-0.05, 0) is 78.4 Å². The van der Waals surface area contributed by atoms with Crippen molar-refractivity contribution >= 4 is 5.78 Å². The van der Waals surface area contributed by atoms with Crippen LogP contribution in [0.5, 0.6) is 0 Å². The van der Waals surface area contributed by atoms with Gasteiger partial charge in [-0.15, -0.1) is 0 Å². The minimum absolute atomic E-state index is 0.0224. The van der Waals surface area contributed by atoms with Gasteiger partial charge in [0.25, 0.3) is 0 Å². The number of allylic oxidation sites excluding steroid dienone is 4. The summed E-state index contributed by atoms with van der Waals surface area (Å²) in [5.74, 6) is -0.418. The minimum atomic E-state index is -0.906.